The summed E-state index contributed by atoms with van der Waals surface area (Å²) in [6.45, 7) is 0.490. The Kier molecular flexibility index (Phi) is 4.52. The van der Waals surface area contributed by atoms with E-state index in [4.69, 9.17) is 9.15 Å². The molecular formula is C23H18O3. The Balaban J connectivity index is 1.61. The second-order valence-corrected chi connectivity index (χ2v) is 6.14. The molecule has 3 nitrogen and oxygen atoms in total. The summed E-state index contributed by atoms with van der Waals surface area (Å²) in [6.07, 6.45) is 2.02. The van der Waals surface area contributed by atoms with Gasteiger partial charge in [0.15, 0.2) is 5.43 Å². The van der Waals surface area contributed by atoms with Crippen molar-refractivity contribution in [1.82, 2.24) is 0 Å². The number of ether oxygens (including phenoxy) is 1. The minimum Gasteiger partial charge on any atom is -0.489 e. The average Bonchev–Trinajstić information content (AvgIpc) is 2.70. The summed E-state index contributed by atoms with van der Waals surface area (Å²) in [6, 6.07) is 25.1. The van der Waals surface area contributed by atoms with Crippen molar-refractivity contribution >= 4 is 11.0 Å². The first-order valence-corrected chi connectivity index (χ1v) is 8.55. The lowest BCUT2D eigenvalue weighted by atomic mass is 10.0. The molecule has 3 aromatic carbocycles. The second kappa shape index (κ2) is 7.28. The summed E-state index contributed by atoms with van der Waals surface area (Å²) in [5, 5.41) is 0.604. The fourth-order valence-corrected chi connectivity index (χ4v) is 2.97. The fourth-order valence-electron chi connectivity index (χ4n) is 2.97. The molecule has 1 aromatic heterocycles. The Labute approximate surface area is 151 Å². The van der Waals surface area contributed by atoms with Gasteiger partial charge >= 0.3 is 0 Å². The standard InChI is InChI=1S/C23H18O3/c24-23-19(16-26-22-13-7-5-11-20(22)23)14-18-10-4-6-12-21(18)25-15-17-8-2-1-3-9-17/h1-13,16H,14-15H2. The molecular weight excluding hydrogens is 324 g/mol. The van der Waals surface area contributed by atoms with Crippen LogP contribution in [-0.4, -0.2) is 0 Å². The maximum absolute atomic E-state index is 12.7. The SMILES string of the molecule is O=c1c(Cc2ccccc2OCc2ccccc2)coc2ccccc12. The minimum absolute atomic E-state index is 0.00436. The van der Waals surface area contributed by atoms with Gasteiger partial charge in [0, 0.05) is 12.0 Å². The van der Waals surface area contributed by atoms with Crippen LogP contribution in [0.25, 0.3) is 11.0 Å². The first-order valence-electron chi connectivity index (χ1n) is 8.55. The molecule has 0 spiro atoms. The molecule has 0 atom stereocenters. The summed E-state index contributed by atoms with van der Waals surface area (Å²) in [5.74, 6) is 0.781. The number of para-hydroxylation sites is 2. The van der Waals surface area contributed by atoms with Crippen molar-refractivity contribution < 1.29 is 9.15 Å². The van der Waals surface area contributed by atoms with Crippen LogP contribution in [-0.2, 0) is 13.0 Å². The zero-order valence-corrected chi connectivity index (χ0v) is 14.2. The molecule has 0 aliphatic heterocycles. The highest BCUT2D eigenvalue weighted by molar-refractivity contribution is 5.76. The Morgan fingerprint density at radius 3 is 2.38 bits per heavy atom. The average molecular weight is 342 g/mol. The number of hydrogen-bond donors (Lipinski definition) is 0. The molecule has 0 unspecified atom stereocenters. The zero-order chi connectivity index (χ0) is 17.8. The third-order valence-corrected chi connectivity index (χ3v) is 4.34. The van der Waals surface area contributed by atoms with E-state index in [0.29, 0.717) is 29.6 Å². The van der Waals surface area contributed by atoms with Crippen LogP contribution in [0.4, 0.5) is 0 Å². The van der Waals surface area contributed by atoms with E-state index in [1.165, 1.54) is 0 Å². The van der Waals surface area contributed by atoms with Crippen molar-refractivity contribution in [3.05, 3.63) is 112 Å². The molecule has 0 bridgehead atoms. The van der Waals surface area contributed by atoms with Crippen molar-refractivity contribution in [2.24, 2.45) is 0 Å². The Bertz CT molecular complexity index is 1080. The fraction of sp³-hybridized carbons (Fsp3) is 0.0870. The first kappa shape index (κ1) is 16.2. The van der Waals surface area contributed by atoms with Crippen LogP contribution < -0.4 is 10.2 Å². The number of benzene rings is 3. The molecule has 128 valence electrons. The molecule has 26 heavy (non-hydrogen) atoms. The summed E-state index contributed by atoms with van der Waals surface area (Å²) in [5.41, 5.74) is 3.30. The first-order chi connectivity index (χ1) is 12.8. The quantitative estimate of drug-likeness (QED) is 0.514. The predicted octanol–water partition coefficient (Wildman–Crippen LogP) is 4.96. The largest absolute Gasteiger partial charge is 0.489 e. The van der Waals surface area contributed by atoms with Gasteiger partial charge in [0.05, 0.1) is 11.6 Å². The van der Waals surface area contributed by atoms with Crippen molar-refractivity contribution in [1.29, 1.82) is 0 Å². The minimum atomic E-state index is 0.00436. The van der Waals surface area contributed by atoms with Gasteiger partial charge in [-0.2, -0.15) is 0 Å². The van der Waals surface area contributed by atoms with Crippen LogP contribution >= 0.6 is 0 Å². The molecule has 1 heterocycles. The molecule has 0 N–H and O–H groups in total. The molecule has 0 fully saturated rings. The summed E-state index contributed by atoms with van der Waals surface area (Å²) >= 11 is 0. The van der Waals surface area contributed by atoms with Gasteiger partial charge in [-0.15, -0.1) is 0 Å². The number of fused-ring (bicyclic) bond motifs is 1. The van der Waals surface area contributed by atoms with Gasteiger partial charge in [-0.3, -0.25) is 4.79 Å². The van der Waals surface area contributed by atoms with E-state index in [0.717, 1.165) is 16.9 Å². The Morgan fingerprint density at radius 2 is 1.50 bits per heavy atom. The lowest BCUT2D eigenvalue weighted by molar-refractivity contribution is 0.303. The van der Waals surface area contributed by atoms with Crippen molar-refractivity contribution in [2.45, 2.75) is 13.0 Å². The number of hydrogen-bond acceptors (Lipinski definition) is 3. The Morgan fingerprint density at radius 1 is 0.769 bits per heavy atom. The van der Waals surface area contributed by atoms with Gasteiger partial charge < -0.3 is 9.15 Å². The van der Waals surface area contributed by atoms with E-state index in [1.807, 2.05) is 66.7 Å². The van der Waals surface area contributed by atoms with Gasteiger partial charge in [-0.05, 0) is 29.3 Å². The molecule has 4 aromatic rings. The zero-order valence-electron chi connectivity index (χ0n) is 14.2. The summed E-state index contributed by atoms with van der Waals surface area (Å²) < 4.78 is 11.6. The van der Waals surface area contributed by atoms with Crippen molar-refractivity contribution in [3.8, 4) is 5.75 Å². The monoisotopic (exact) mass is 342 g/mol. The summed E-state index contributed by atoms with van der Waals surface area (Å²) in [4.78, 5) is 12.7. The molecule has 0 saturated carbocycles. The van der Waals surface area contributed by atoms with Crippen molar-refractivity contribution in [3.63, 3.8) is 0 Å². The maximum atomic E-state index is 12.7. The van der Waals surface area contributed by atoms with Crippen LogP contribution in [0.2, 0.25) is 0 Å². The highest BCUT2D eigenvalue weighted by Crippen LogP contribution is 2.22. The lowest BCUT2D eigenvalue weighted by Crippen LogP contribution is -2.10. The van der Waals surface area contributed by atoms with Crippen LogP contribution in [0, 0.1) is 0 Å². The van der Waals surface area contributed by atoms with E-state index in [2.05, 4.69) is 0 Å². The molecule has 3 heteroatoms. The third-order valence-electron chi connectivity index (χ3n) is 4.34. The molecule has 0 radical (unpaired) electrons. The lowest BCUT2D eigenvalue weighted by Gasteiger charge is -2.11. The van der Waals surface area contributed by atoms with Gasteiger partial charge in [0.2, 0.25) is 0 Å². The topological polar surface area (TPSA) is 39.4 Å². The van der Waals surface area contributed by atoms with E-state index in [1.54, 1.807) is 18.4 Å². The smallest absolute Gasteiger partial charge is 0.196 e. The van der Waals surface area contributed by atoms with Gasteiger partial charge in [0.25, 0.3) is 0 Å². The van der Waals surface area contributed by atoms with E-state index >= 15 is 0 Å². The van der Waals surface area contributed by atoms with Crippen LogP contribution in [0.15, 0.2) is 94.3 Å². The van der Waals surface area contributed by atoms with Crippen LogP contribution in [0.1, 0.15) is 16.7 Å². The summed E-state index contributed by atoms with van der Waals surface area (Å²) in [7, 11) is 0. The van der Waals surface area contributed by atoms with Gasteiger partial charge in [-0.25, -0.2) is 0 Å². The Hall–Kier alpha value is -3.33. The van der Waals surface area contributed by atoms with Crippen LogP contribution in [0.5, 0.6) is 5.75 Å². The maximum Gasteiger partial charge on any atom is 0.196 e. The van der Waals surface area contributed by atoms with Gasteiger partial charge in [0.1, 0.15) is 17.9 Å². The van der Waals surface area contributed by atoms with E-state index < -0.39 is 0 Å². The van der Waals surface area contributed by atoms with E-state index in [-0.39, 0.29) is 5.43 Å². The van der Waals surface area contributed by atoms with Crippen LogP contribution in [0.3, 0.4) is 0 Å². The molecule has 4 rings (SSSR count). The second-order valence-electron chi connectivity index (χ2n) is 6.14. The predicted molar refractivity (Wildman–Crippen MR) is 103 cm³/mol. The highest BCUT2D eigenvalue weighted by atomic mass is 16.5. The molecule has 0 amide bonds. The van der Waals surface area contributed by atoms with Crippen molar-refractivity contribution in [2.75, 3.05) is 0 Å². The molecule has 0 aliphatic rings. The van der Waals surface area contributed by atoms with Gasteiger partial charge in [-0.1, -0.05) is 60.7 Å². The molecule has 0 aliphatic carbocycles. The molecule has 0 saturated heterocycles. The normalized spacial score (nSPS) is 10.8. The number of rotatable bonds is 5. The highest BCUT2D eigenvalue weighted by Gasteiger charge is 2.10. The third kappa shape index (κ3) is 3.38. The van der Waals surface area contributed by atoms with E-state index in [9.17, 15) is 4.79 Å².